The van der Waals surface area contributed by atoms with Crippen LogP contribution in [0.25, 0.3) is 11.0 Å². The summed E-state index contributed by atoms with van der Waals surface area (Å²) >= 11 is 0. The molecule has 0 radical (unpaired) electrons. The minimum Gasteiger partial charge on any atom is -0.491 e. The van der Waals surface area contributed by atoms with Gasteiger partial charge in [0.05, 0.1) is 36.6 Å². The van der Waals surface area contributed by atoms with E-state index in [1.807, 2.05) is 25.3 Å². The van der Waals surface area contributed by atoms with Crippen LogP contribution in [0.2, 0.25) is 0 Å². The van der Waals surface area contributed by atoms with Crippen molar-refractivity contribution >= 4 is 28.9 Å². The van der Waals surface area contributed by atoms with E-state index in [2.05, 4.69) is 15.4 Å². The Morgan fingerprint density at radius 2 is 2.09 bits per heavy atom. The van der Waals surface area contributed by atoms with Gasteiger partial charge in [-0.25, -0.2) is 9.78 Å². The zero-order valence-corrected chi connectivity index (χ0v) is 19.4. The summed E-state index contributed by atoms with van der Waals surface area (Å²) in [4.78, 5) is 30.0. The highest BCUT2D eigenvalue weighted by Gasteiger charge is 2.23. The number of hydrogen-bond acceptors (Lipinski definition) is 7. The number of imidazole rings is 1. The van der Waals surface area contributed by atoms with Gasteiger partial charge in [0.1, 0.15) is 17.0 Å². The van der Waals surface area contributed by atoms with Crippen molar-refractivity contribution in [1.29, 1.82) is 0 Å². The molecule has 0 unspecified atom stereocenters. The summed E-state index contributed by atoms with van der Waals surface area (Å²) in [6.45, 7) is 7.90. The van der Waals surface area contributed by atoms with E-state index < -0.39 is 5.97 Å². The lowest BCUT2D eigenvalue weighted by Gasteiger charge is -2.13. The molecule has 0 saturated carbocycles. The third kappa shape index (κ3) is 4.70. The SMILES string of the molecule is CCn1nc(C)cc1C(=O)Nc1nc2cc(C(=O)OC)cc3c2n1CCCO[C@@H](C)CCO3. The van der Waals surface area contributed by atoms with Gasteiger partial charge in [-0.1, -0.05) is 0 Å². The largest absolute Gasteiger partial charge is 0.491 e. The maximum Gasteiger partial charge on any atom is 0.338 e. The summed E-state index contributed by atoms with van der Waals surface area (Å²) < 4.78 is 20.4. The Balaban J connectivity index is 1.79. The number of hydrogen-bond donors (Lipinski definition) is 1. The molecule has 0 fully saturated rings. The van der Waals surface area contributed by atoms with Crippen molar-refractivity contribution in [2.45, 2.75) is 52.8 Å². The van der Waals surface area contributed by atoms with E-state index in [4.69, 9.17) is 14.2 Å². The van der Waals surface area contributed by atoms with Crippen LogP contribution in [-0.2, 0) is 22.6 Å². The molecule has 0 spiro atoms. The summed E-state index contributed by atoms with van der Waals surface area (Å²) in [6, 6.07) is 5.06. The number of amides is 1. The maximum absolute atomic E-state index is 13.1. The Labute approximate surface area is 191 Å². The third-order valence-electron chi connectivity index (χ3n) is 5.60. The van der Waals surface area contributed by atoms with E-state index in [0.29, 0.717) is 66.7 Å². The van der Waals surface area contributed by atoms with E-state index >= 15 is 0 Å². The summed E-state index contributed by atoms with van der Waals surface area (Å²) in [5.41, 5.74) is 2.81. The standard InChI is InChI=1S/C23H29N5O5/c1-5-28-18(11-14(2)26-28)21(29)25-23-24-17-12-16(22(30)31-4)13-19-20(17)27(23)8-6-9-32-15(3)7-10-33-19/h11-13,15H,5-10H2,1-4H3,(H,24,25,29)/t15-/m0/s1. The molecule has 3 heterocycles. The summed E-state index contributed by atoms with van der Waals surface area (Å²) in [6.07, 6.45) is 1.49. The Bertz CT molecular complexity index is 1180. The molecule has 33 heavy (non-hydrogen) atoms. The van der Waals surface area contributed by atoms with Crippen LogP contribution in [0.4, 0.5) is 5.95 Å². The van der Waals surface area contributed by atoms with Crippen molar-refractivity contribution in [1.82, 2.24) is 19.3 Å². The number of rotatable bonds is 4. The third-order valence-corrected chi connectivity index (χ3v) is 5.60. The first-order valence-electron chi connectivity index (χ1n) is 11.1. The fourth-order valence-electron chi connectivity index (χ4n) is 3.95. The van der Waals surface area contributed by atoms with Crippen molar-refractivity contribution in [2.24, 2.45) is 0 Å². The summed E-state index contributed by atoms with van der Waals surface area (Å²) in [7, 11) is 1.33. The Morgan fingerprint density at radius 3 is 2.85 bits per heavy atom. The molecule has 1 aliphatic rings. The van der Waals surface area contributed by atoms with Crippen molar-refractivity contribution in [3.63, 3.8) is 0 Å². The predicted molar refractivity (Wildman–Crippen MR) is 122 cm³/mol. The highest BCUT2D eigenvalue weighted by molar-refractivity contribution is 6.04. The number of carbonyl (C=O) groups is 2. The van der Waals surface area contributed by atoms with Gasteiger partial charge in [-0.2, -0.15) is 5.10 Å². The number of anilines is 1. The molecule has 1 aliphatic heterocycles. The molecule has 4 rings (SSSR count). The van der Waals surface area contributed by atoms with Gasteiger partial charge in [-0.05, 0) is 45.4 Å². The molecule has 3 aromatic rings. The molecule has 1 N–H and O–H groups in total. The number of nitrogens with one attached hydrogen (secondary N) is 1. The van der Waals surface area contributed by atoms with Crippen molar-refractivity contribution in [3.8, 4) is 5.75 Å². The normalized spacial score (nSPS) is 16.7. The van der Waals surface area contributed by atoms with Gasteiger partial charge in [0.2, 0.25) is 5.95 Å². The van der Waals surface area contributed by atoms with Crippen LogP contribution < -0.4 is 10.1 Å². The van der Waals surface area contributed by atoms with Crippen LogP contribution in [-0.4, -0.2) is 57.6 Å². The number of ether oxygens (including phenoxy) is 3. The second kappa shape index (κ2) is 9.62. The molecule has 10 heteroatoms. The van der Waals surface area contributed by atoms with Crippen LogP contribution in [0.3, 0.4) is 0 Å². The smallest absolute Gasteiger partial charge is 0.338 e. The van der Waals surface area contributed by atoms with Gasteiger partial charge in [0.15, 0.2) is 0 Å². The van der Waals surface area contributed by atoms with Crippen LogP contribution in [0.15, 0.2) is 18.2 Å². The quantitative estimate of drug-likeness (QED) is 0.602. The lowest BCUT2D eigenvalue weighted by molar-refractivity contribution is 0.0484. The van der Waals surface area contributed by atoms with Crippen molar-refractivity contribution < 1.29 is 23.8 Å². The summed E-state index contributed by atoms with van der Waals surface area (Å²) in [5, 5.41) is 7.28. The molecule has 0 saturated heterocycles. The van der Waals surface area contributed by atoms with E-state index in [9.17, 15) is 9.59 Å². The van der Waals surface area contributed by atoms with Crippen LogP contribution >= 0.6 is 0 Å². The van der Waals surface area contributed by atoms with Gasteiger partial charge in [-0.3, -0.25) is 14.8 Å². The molecule has 10 nitrogen and oxygen atoms in total. The first-order chi connectivity index (χ1) is 15.9. The minimum atomic E-state index is -0.481. The van der Waals surface area contributed by atoms with Crippen molar-refractivity contribution in [2.75, 3.05) is 25.6 Å². The fraction of sp³-hybridized carbons (Fsp3) is 0.478. The second-order valence-corrected chi connectivity index (χ2v) is 8.03. The average molecular weight is 456 g/mol. The number of aromatic nitrogens is 4. The monoisotopic (exact) mass is 455 g/mol. The zero-order valence-electron chi connectivity index (χ0n) is 19.4. The van der Waals surface area contributed by atoms with E-state index in [1.54, 1.807) is 22.9 Å². The van der Waals surface area contributed by atoms with Gasteiger partial charge < -0.3 is 18.8 Å². The number of carbonyl (C=O) groups excluding carboxylic acids is 2. The Hall–Kier alpha value is -3.40. The van der Waals surface area contributed by atoms with E-state index in [1.165, 1.54) is 7.11 Å². The molecule has 1 aromatic carbocycles. The number of aryl methyl sites for hydroxylation is 3. The molecule has 1 atom stereocenters. The second-order valence-electron chi connectivity index (χ2n) is 8.03. The lowest BCUT2D eigenvalue weighted by Crippen LogP contribution is -2.20. The topological polar surface area (TPSA) is 110 Å². The fourth-order valence-corrected chi connectivity index (χ4v) is 3.95. The van der Waals surface area contributed by atoms with E-state index in [0.717, 1.165) is 12.1 Å². The van der Waals surface area contributed by atoms with Crippen LogP contribution in [0.5, 0.6) is 5.75 Å². The van der Waals surface area contributed by atoms with Gasteiger partial charge in [0, 0.05) is 26.1 Å². The molecule has 0 aliphatic carbocycles. The molecular weight excluding hydrogens is 426 g/mol. The lowest BCUT2D eigenvalue weighted by atomic mass is 10.2. The maximum atomic E-state index is 13.1. The van der Waals surface area contributed by atoms with Gasteiger partial charge in [-0.15, -0.1) is 0 Å². The zero-order chi connectivity index (χ0) is 23.5. The van der Waals surface area contributed by atoms with Crippen LogP contribution in [0, 0.1) is 6.92 Å². The molecule has 1 amide bonds. The van der Waals surface area contributed by atoms with Gasteiger partial charge in [0.25, 0.3) is 5.91 Å². The van der Waals surface area contributed by atoms with Crippen molar-refractivity contribution in [3.05, 3.63) is 35.2 Å². The molecular formula is C23H29N5O5. The highest BCUT2D eigenvalue weighted by atomic mass is 16.5. The van der Waals surface area contributed by atoms with Crippen LogP contribution in [0.1, 0.15) is 53.2 Å². The predicted octanol–water partition coefficient (Wildman–Crippen LogP) is 3.18. The first kappa shape index (κ1) is 22.8. The minimum absolute atomic E-state index is 0.0524. The molecule has 176 valence electrons. The van der Waals surface area contributed by atoms with E-state index in [-0.39, 0.29) is 12.0 Å². The number of esters is 1. The number of nitrogens with zero attached hydrogens (tertiary/aromatic N) is 4. The number of methoxy groups -OCH3 is 1. The number of benzene rings is 1. The first-order valence-corrected chi connectivity index (χ1v) is 11.1. The average Bonchev–Trinajstić information content (AvgIpc) is 3.34. The molecule has 0 bridgehead atoms. The summed E-state index contributed by atoms with van der Waals surface area (Å²) in [5.74, 6) is 0.101. The Morgan fingerprint density at radius 1 is 1.27 bits per heavy atom. The molecule has 2 aromatic heterocycles. The highest BCUT2D eigenvalue weighted by Crippen LogP contribution is 2.32. The van der Waals surface area contributed by atoms with Gasteiger partial charge >= 0.3 is 5.97 Å². The Kier molecular flexibility index (Phi) is 6.64.